The second-order valence-electron chi connectivity index (χ2n) is 6.29. The first-order valence-electron chi connectivity index (χ1n) is 8.49. The Morgan fingerprint density at radius 3 is 2.68 bits per heavy atom. The van der Waals surface area contributed by atoms with Crippen LogP contribution in [0, 0.1) is 13.8 Å². The van der Waals surface area contributed by atoms with Crippen LogP contribution >= 0.6 is 11.8 Å². The molecule has 28 heavy (non-hydrogen) atoms. The third-order valence-corrected chi connectivity index (χ3v) is 4.93. The second kappa shape index (κ2) is 7.12. The van der Waals surface area contributed by atoms with E-state index in [4.69, 9.17) is 9.47 Å². The van der Waals surface area contributed by atoms with E-state index in [0.717, 1.165) is 11.4 Å². The largest absolute Gasteiger partial charge is 0.454 e. The molecular formula is C18H17N5O4S. The van der Waals surface area contributed by atoms with Gasteiger partial charge in [0.05, 0.1) is 11.4 Å². The molecule has 0 atom stereocenters. The van der Waals surface area contributed by atoms with Crippen LogP contribution in [0.3, 0.4) is 0 Å². The number of nitrogens with one attached hydrogen (secondary N) is 1. The molecule has 2 aromatic heterocycles. The lowest BCUT2D eigenvalue weighted by Crippen LogP contribution is -2.16. The number of carbonyl (C=O) groups is 2. The maximum absolute atomic E-state index is 12.4. The fourth-order valence-electron chi connectivity index (χ4n) is 2.86. The monoisotopic (exact) mass is 399 g/mol. The number of aryl methyl sites for hydroxylation is 2. The molecule has 1 aromatic carbocycles. The molecule has 9 nitrogen and oxygen atoms in total. The van der Waals surface area contributed by atoms with Gasteiger partial charge < -0.3 is 14.8 Å². The zero-order valence-electron chi connectivity index (χ0n) is 15.5. The summed E-state index contributed by atoms with van der Waals surface area (Å²) < 4.78 is 12.2. The number of Topliss-reactive ketones (excluding diaryl/α,β-unsaturated/α-hetero) is 1. The number of benzene rings is 1. The van der Waals surface area contributed by atoms with E-state index in [-0.39, 0.29) is 24.2 Å². The summed E-state index contributed by atoms with van der Waals surface area (Å²) in [5, 5.41) is 7.57. The van der Waals surface area contributed by atoms with Gasteiger partial charge in [0.25, 0.3) is 5.78 Å². The summed E-state index contributed by atoms with van der Waals surface area (Å²) in [7, 11) is 0. The number of hydrogen-bond donors (Lipinski definition) is 1. The van der Waals surface area contributed by atoms with E-state index in [1.165, 1.54) is 18.7 Å². The lowest BCUT2D eigenvalue weighted by molar-refractivity contribution is -0.113. The standard InChI is InChI=1S/C18H17N5O4S/c1-9-4-10(2)23-17(19-9)21-18(22-23)28-7-16(25)20-13-6-15-14(26-8-27-15)5-12(13)11(3)24/h4-6H,7-8H2,1-3H3,(H,20,25). The average Bonchev–Trinajstić information content (AvgIpc) is 3.25. The minimum Gasteiger partial charge on any atom is -0.454 e. The van der Waals surface area contributed by atoms with Gasteiger partial charge in [0.2, 0.25) is 17.9 Å². The van der Waals surface area contributed by atoms with Gasteiger partial charge in [0, 0.05) is 23.0 Å². The summed E-state index contributed by atoms with van der Waals surface area (Å²) in [6.07, 6.45) is 0. The quantitative estimate of drug-likeness (QED) is 0.515. The number of ketones is 1. The summed E-state index contributed by atoms with van der Waals surface area (Å²) in [6.45, 7) is 5.33. The first-order valence-corrected chi connectivity index (χ1v) is 9.47. The number of ether oxygens (including phenoxy) is 2. The normalized spacial score (nSPS) is 12.4. The molecule has 10 heteroatoms. The Morgan fingerprint density at radius 2 is 1.93 bits per heavy atom. The van der Waals surface area contributed by atoms with E-state index in [0.29, 0.717) is 33.7 Å². The van der Waals surface area contributed by atoms with E-state index < -0.39 is 0 Å². The molecule has 3 aromatic rings. The molecule has 0 unspecified atom stereocenters. The molecule has 0 saturated heterocycles. The van der Waals surface area contributed by atoms with Crippen LogP contribution in [-0.2, 0) is 4.79 Å². The van der Waals surface area contributed by atoms with Gasteiger partial charge in [-0.2, -0.15) is 4.98 Å². The molecule has 0 spiro atoms. The van der Waals surface area contributed by atoms with Crippen molar-refractivity contribution in [1.29, 1.82) is 0 Å². The number of hydrogen-bond acceptors (Lipinski definition) is 8. The van der Waals surface area contributed by atoms with E-state index in [9.17, 15) is 9.59 Å². The van der Waals surface area contributed by atoms with Gasteiger partial charge in [0.15, 0.2) is 17.3 Å². The van der Waals surface area contributed by atoms with Crippen LogP contribution in [0.15, 0.2) is 23.4 Å². The molecule has 3 heterocycles. The van der Waals surface area contributed by atoms with E-state index >= 15 is 0 Å². The predicted octanol–water partition coefficient (Wildman–Crippen LogP) is 2.40. The third kappa shape index (κ3) is 3.50. The zero-order valence-corrected chi connectivity index (χ0v) is 16.3. The number of rotatable bonds is 5. The van der Waals surface area contributed by atoms with Gasteiger partial charge in [0.1, 0.15) is 0 Å². The van der Waals surface area contributed by atoms with Crippen molar-refractivity contribution in [3.05, 3.63) is 35.2 Å². The van der Waals surface area contributed by atoms with Crippen molar-refractivity contribution in [2.24, 2.45) is 0 Å². The molecule has 1 aliphatic rings. The lowest BCUT2D eigenvalue weighted by atomic mass is 10.1. The van der Waals surface area contributed by atoms with Gasteiger partial charge >= 0.3 is 0 Å². The van der Waals surface area contributed by atoms with E-state index in [1.807, 2.05) is 19.9 Å². The molecule has 1 aliphatic heterocycles. The minimum absolute atomic E-state index is 0.0840. The molecule has 0 radical (unpaired) electrons. The molecule has 0 bridgehead atoms. The fraction of sp³-hybridized carbons (Fsp3) is 0.278. The van der Waals surface area contributed by atoms with Crippen LogP contribution in [0.2, 0.25) is 0 Å². The number of nitrogens with zero attached hydrogens (tertiary/aromatic N) is 4. The Labute approximate surface area is 164 Å². The van der Waals surface area contributed by atoms with Crippen molar-refractivity contribution in [3.63, 3.8) is 0 Å². The average molecular weight is 399 g/mol. The highest BCUT2D eigenvalue weighted by Gasteiger charge is 2.20. The minimum atomic E-state index is -0.286. The Bertz CT molecular complexity index is 1110. The number of anilines is 1. The molecule has 4 rings (SSSR count). The Morgan fingerprint density at radius 1 is 1.18 bits per heavy atom. The topological polar surface area (TPSA) is 108 Å². The number of aromatic nitrogens is 4. The smallest absolute Gasteiger partial charge is 0.253 e. The number of thioether (sulfide) groups is 1. The summed E-state index contributed by atoms with van der Waals surface area (Å²) in [4.78, 5) is 33.0. The lowest BCUT2D eigenvalue weighted by Gasteiger charge is -2.10. The summed E-state index contributed by atoms with van der Waals surface area (Å²) >= 11 is 1.19. The highest BCUT2D eigenvalue weighted by Crippen LogP contribution is 2.37. The van der Waals surface area contributed by atoms with Crippen molar-refractivity contribution < 1.29 is 19.1 Å². The number of carbonyl (C=O) groups excluding carboxylic acids is 2. The predicted molar refractivity (Wildman–Crippen MR) is 102 cm³/mol. The van der Waals surface area contributed by atoms with Crippen molar-refractivity contribution in [2.45, 2.75) is 25.9 Å². The van der Waals surface area contributed by atoms with Gasteiger partial charge in [-0.1, -0.05) is 11.8 Å². The van der Waals surface area contributed by atoms with E-state index in [1.54, 1.807) is 16.6 Å². The van der Waals surface area contributed by atoms with Gasteiger partial charge in [-0.05, 0) is 32.9 Å². The van der Waals surface area contributed by atoms with Gasteiger partial charge in [-0.15, -0.1) is 5.10 Å². The molecule has 0 saturated carbocycles. The molecule has 0 aliphatic carbocycles. The fourth-order valence-corrected chi connectivity index (χ4v) is 3.48. The van der Waals surface area contributed by atoms with Crippen LogP contribution in [0.5, 0.6) is 11.5 Å². The highest BCUT2D eigenvalue weighted by molar-refractivity contribution is 7.99. The zero-order chi connectivity index (χ0) is 19.8. The van der Waals surface area contributed by atoms with Crippen molar-refractivity contribution in [1.82, 2.24) is 19.6 Å². The SMILES string of the molecule is CC(=O)c1cc2c(cc1NC(=O)CSc1nc3nc(C)cc(C)n3n1)OCO2. The van der Waals surface area contributed by atoms with Crippen molar-refractivity contribution in [2.75, 3.05) is 17.9 Å². The number of amides is 1. The first-order chi connectivity index (χ1) is 13.4. The summed E-state index contributed by atoms with van der Waals surface area (Å²) in [5.74, 6) is 1.10. The van der Waals surface area contributed by atoms with Crippen LogP contribution in [0.25, 0.3) is 5.78 Å². The Kier molecular flexibility index (Phi) is 4.63. The van der Waals surface area contributed by atoms with Crippen molar-refractivity contribution >= 4 is 34.9 Å². The number of fused-ring (bicyclic) bond motifs is 2. The van der Waals surface area contributed by atoms with Crippen LogP contribution < -0.4 is 14.8 Å². The maximum Gasteiger partial charge on any atom is 0.253 e. The van der Waals surface area contributed by atoms with Gasteiger partial charge in [-0.3, -0.25) is 9.59 Å². The molecule has 144 valence electrons. The molecule has 1 amide bonds. The van der Waals surface area contributed by atoms with Crippen LogP contribution in [-0.4, -0.2) is 43.8 Å². The van der Waals surface area contributed by atoms with Gasteiger partial charge in [-0.25, -0.2) is 9.50 Å². The Hall–Kier alpha value is -3.14. The van der Waals surface area contributed by atoms with Crippen LogP contribution in [0.1, 0.15) is 28.7 Å². The first kappa shape index (κ1) is 18.2. The molecule has 0 fully saturated rings. The Balaban J connectivity index is 1.48. The van der Waals surface area contributed by atoms with Crippen LogP contribution in [0.4, 0.5) is 5.69 Å². The highest BCUT2D eigenvalue weighted by atomic mass is 32.2. The maximum atomic E-state index is 12.4. The molecule has 1 N–H and O–H groups in total. The van der Waals surface area contributed by atoms with Crippen molar-refractivity contribution in [3.8, 4) is 11.5 Å². The second-order valence-corrected chi connectivity index (χ2v) is 7.23. The summed E-state index contributed by atoms with van der Waals surface area (Å²) in [6, 6.07) is 5.08. The molecular weight excluding hydrogens is 382 g/mol. The van der Waals surface area contributed by atoms with E-state index in [2.05, 4.69) is 20.4 Å². The summed E-state index contributed by atoms with van der Waals surface area (Å²) in [5.41, 5.74) is 2.52. The third-order valence-electron chi connectivity index (χ3n) is 4.10.